The van der Waals surface area contributed by atoms with Gasteiger partial charge in [0, 0.05) is 31.5 Å². The fraction of sp³-hybridized carbons (Fsp3) is 0.111. The number of amides is 1. The van der Waals surface area contributed by atoms with Gasteiger partial charge < -0.3 is 10.6 Å². The Labute approximate surface area is 140 Å². The lowest BCUT2D eigenvalue weighted by Gasteiger charge is -2.08. The van der Waals surface area contributed by atoms with E-state index in [0.29, 0.717) is 24.6 Å². The number of carbonyl (C=O) groups is 1. The van der Waals surface area contributed by atoms with Gasteiger partial charge in [0.15, 0.2) is 0 Å². The van der Waals surface area contributed by atoms with Crippen LogP contribution in [0.4, 0.5) is 5.82 Å². The van der Waals surface area contributed by atoms with Gasteiger partial charge in [0.05, 0.1) is 0 Å². The first-order valence-corrected chi connectivity index (χ1v) is 7.58. The van der Waals surface area contributed by atoms with Gasteiger partial charge in [-0.2, -0.15) is 0 Å². The highest BCUT2D eigenvalue weighted by atomic mass is 16.1. The summed E-state index contributed by atoms with van der Waals surface area (Å²) in [4.78, 5) is 24.4. The second-order valence-electron chi connectivity index (χ2n) is 5.17. The third kappa shape index (κ3) is 4.36. The predicted molar refractivity (Wildman–Crippen MR) is 91.2 cm³/mol. The van der Waals surface area contributed by atoms with E-state index in [1.165, 1.54) is 6.33 Å². The molecule has 24 heavy (non-hydrogen) atoms. The summed E-state index contributed by atoms with van der Waals surface area (Å²) in [7, 11) is 0. The number of carbonyl (C=O) groups excluding carboxylic acids is 1. The summed E-state index contributed by atoms with van der Waals surface area (Å²) >= 11 is 0. The zero-order chi connectivity index (χ0) is 16.6. The van der Waals surface area contributed by atoms with Crippen molar-refractivity contribution in [1.29, 1.82) is 0 Å². The zero-order valence-electron chi connectivity index (χ0n) is 13.0. The van der Waals surface area contributed by atoms with Crippen molar-refractivity contribution < 1.29 is 4.79 Å². The van der Waals surface area contributed by atoms with E-state index < -0.39 is 0 Å². The smallest absolute Gasteiger partial charge is 0.270 e. The Hall–Kier alpha value is -3.28. The van der Waals surface area contributed by atoms with Crippen LogP contribution >= 0.6 is 0 Å². The van der Waals surface area contributed by atoms with Crippen molar-refractivity contribution in [3.63, 3.8) is 0 Å². The van der Waals surface area contributed by atoms with Gasteiger partial charge in [0.25, 0.3) is 5.91 Å². The molecule has 0 fully saturated rings. The summed E-state index contributed by atoms with van der Waals surface area (Å²) in [5, 5.41) is 6.01. The molecule has 0 unspecified atom stereocenters. The second kappa shape index (κ2) is 7.82. The van der Waals surface area contributed by atoms with Crippen molar-refractivity contribution in [2.75, 3.05) is 5.32 Å². The number of nitrogens with one attached hydrogen (secondary N) is 2. The Bertz CT molecular complexity index is 793. The van der Waals surface area contributed by atoms with Crippen LogP contribution in [0.2, 0.25) is 0 Å². The molecule has 3 rings (SSSR count). The van der Waals surface area contributed by atoms with Crippen LogP contribution in [-0.2, 0) is 13.1 Å². The van der Waals surface area contributed by atoms with Crippen molar-refractivity contribution in [3.8, 4) is 0 Å². The quantitative estimate of drug-likeness (QED) is 0.729. The average Bonchev–Trinajstić information content (AvgIpc) is 2.66. The second-order valence-corrected chi connectivity index (χ2v) is 5.17. The molecule has 0 radical (unpaired) electrons. The number of anilines is 1. The van der Waals surface area contributed by atoms with Crippen LogP contribution in [0.5, 0.6) is 0 Å². The van der Waals surface area contributed by atoms with E-state index in [-0.39, 0.29) is 5.91 Å². The molecule has 2 N–H and O–H groups in total. The highest BCUT2D eigenvalue weighted by Gasteiger charge is 2.08. The van der Waals surface area contributed by atoms with Gasteiger partial charge in [0.1, 0.15) is 17.8 Å². The van der Waals surface area contributed by atoms with Gasteiger partial charge in [-0.1, -0.05) is 36.4 Å². The molecule has 6 nitrogen and oxygen atoms in total. The van der Waals surface area contributed by atoms with Gasteiger partial charge in [-0.15, -0.1) is 0 Å². The number of rotatable bonds is 6. The molecule has 0 atom stereocenters. The first-order chi connectivity index (χ1) is 11.8. The third-order valence-corrected chi connectivity index (χ3v) is 3.39. The Kier molecular flexibility index (Phi) is 5.09. The molecule has 2 aromatic heterocycles. The van der Waals surface area contributed by atoms with Gasteiger partial charge in [0.2, 0.25) is 0 Å². The zero-order valence-corrected chi connectivity index (χ0v) is 13.0. The Morgan fingerprint density at radius 1 is 0.958 bits per heavy atom. The fourth-order valence-corrected chi connectivity index (χ4v) is 2.14. The molecular weight excluding hydrogens is 302 g/mol. The average molecular weight is 319 g/mol. The van der Waals surface area contributed by atoms with E-state index in [9.17, 15) is 4.79 Å². The van der Waals surface area contributed by atoms with Crippen LogP contribution in [0.25, 0.3) is 0 Å². The van der Waals surface area contributed by atoms with Crippen molar-refractivity contribution in [1.82, 2.24) is 20.3 Å². The lowest BCUT2D eigenvalue weighted by atomic mass is 10.2. The largest absolute Gasteiger partial charge is 0.366 e. The van der Waals surface area contributed by atoms with E-state index in [0.717, 1.165) is 11.1 Å². The van der Waals surface area contributed by atoms with Gasteiger partial charge in [-0.05, 0) is 17.2 Å². The van der Waals surface area contributed by atoms with Crippen LogP contribution in [-0.4, -0.2) is 20.9 Å². The molecule has 0 aliphatic heterocycles. The molecule has 0 aliphatic carbocycles. The molecule has 0 saturated carbocycles. The van der Waals surface area contributed by atoms with Crippen LogP contribution in [0, 0.1) is 0 Å². The summed E-state index contributed by atoms with van der Waals surface area (Å²) in [5.74, 6) is 0.365. The van der Waals surface area contributed by atoms with E-state index in [4.69, 9.17) is 0 Å². The monoisotopic (exact) mass is 319 g/mol. The van der Waals surface area contributed by atoms with Crippen LogP contribution in [0.3, 0.4) is 0 Å². The molecule has 0 spiro atoms. The Morgan fingerprint density at radius 3 is 2.58 bits per heavy atom. The molecule has 3 aromatic rings. The SMILES string of the molecule is O=C(NCc1ccccc1)c1cc(NCc2cccnc2)ncn1. The summed E-state index contributed by atoms with van der Waals surface area (Å²) in [5.41, 5.74) is 2.40. The summed E-state index contributed by atoms with van der Waals surface area (Å²) in [6, 6.07) is 15.2. The molecule has 0 aliphatic rings. The predicted octanol–water partition coefficient (Wildman–Crippen LogP) is 2.41. The minimum Gasteiger partial charge on any atom is -0.366 e. The van der Waals surface area contributed by atoms with Crippen molar-refractivity contribution in [2.45, 2.75) is 13.1 Å². The lowest BCUT2D eigenvalue weighted by Crippen LogP contribution is -2.24. The summed E-state index contributed by atoms with van der Waals surface area (Å²) in [6.45, 7) is 1.04. The highest BCUT2D eigenvalue weighted by Crippen LogP contribution is 2.07. The number of aromatic nitrogens is 3. The topological polar surface area (TPSA) is 79.8 Å². The van der Waals surface area contributed by atoms with Crippen LogP contribution in [0.1, 0.15) is 21.6 Å². The number of nitrogens with zero attached hydrogens (tertiary/aromatic N) is 3. The maximum atomic E-state index is 12.2. The van der Waals surface area contributed by atoms with Gasteiger partial charge in [-0.25, -0.2) is 9.97 Å². The molecule has 6 heteroatoms. The van der Waals surface area contributed by atoms with Crippen LogP contribution < -0.4 is 10.6 Å². The van der Waals surface area contributed by atoms with E-state index in [1.54, 1.807) is 18.5 Å². The molecular formula is C18H17N5O. The fourth-order valence-electron chi connectivity index (χ4n) is 2.14. The van der Waals surface area contributed by atoms with Crippen molar-refractivity contribution in [2.24, 2.45) is 0 Å². The number of hydrogen-bond acceptors (Lipinski definition) is 5. The molecule has 0 bridgehead atoms. The number of benzene rings is 1. The normalized spacial score (nSPS) is 10.2. The first-order valence-electron chi connectivity index (χ1n) is 7.58. The van der Waals surface area contributed by atoms with E-state index in [1.807, 2.05) is 42.5 Å². The molecule has 2 heterocycles. The molecule has 1 amide bonds. The molecule has 120 valence electrons. The van der Waals surface area contributed by atoms with E-state index >= 15 is 0 Å². The standard InChI is InChI=1S/C18H17N5O/c24-18(21-11-14-5-2-1-3-6-14)16-9-17(23-13-22-16)20-12-15-7-4-8-19-10-15/h1-10,13H,11-12H2,(H,21,24)(H,20,22,23). The summed E-state index contributed by atoms with van der Waals surface area (Å²) in [6.07, 6.45) is 4.88. The highest BCUT2D eigenvalue weighted by molar-refractivity contribution is 5.92. The van der Waals surface area contributed by atoms with Crippen molar-refractivity contribution >= 4 is 11.7 Å². The maximum Gasteiger partial charge on any atom is 0.270 e. The Balaban J connectivity index is 1.59. The van der Waals surface area contributed by atoms with Crippen LogP contribution in [0.15, 0.2) is 67.3 Å². The van der Waals surface area contributed by atoms with Gasteiger partial charge in [-0.3, -0.25) is 9.78 Å². The number of hydrogen-bond donors (Lipinski definition) is 2. The minimum absolute atomic E-state index is 0.231. The van der Waals surface area contributed by atoms with E-state index in [2.05, 4.69) is 25.6 Å². The minimum atomic E-state index is -0.231. The Morgan fingerprint density at radius 2 is 1.79 bits per heavy atom. The lowest BCUT2D eigenvalue weighted by molar-refractivity contribution is 0.0946. The number of pyridine rings is 1. The first kappa shape index (κ1) is 15.6. The maximum absolute atomic E-state index is 12.2. The summed E-state index contributed by atoms with van der Waals surface area (Å²) < 4.78 is 0. The molecule has 1 aromatic carbocycles. The molecule has 0 saturated heterocycles. The van der Waals surface area contributed by atoms with Crippen molar-refractivity contribution in [3.05, 3.63) is 84.1 Å². The van der Waals surface area contributed by atoms with Gasteiger partial charge >= 0.3 is 0 Å². The third-order valence-electron chi connectivity index (χ3n) is 3.39.